The molecule has 11 aromatic rings. The van der Waals surface area contributed by atoms with Gasteiger partial charge in [-0.3, -0.25) is 4.57 Å². The quantitative estimate of drug-likeness (QED) is 0.184. The highest BCUT2D eigenvalue weighted by Gasteiger charge is 2.38. The fourth-order valence-corrected chi connectivity index (χ4v) is 9.70. The highest BCUT2D eigenvalue weighted by Crippen LogP contribution is 2.52. The van der Waals surface area contributed by atoms with Gasteiger partial charge in [-0.1, -0.05) is 135 Å². The number of aromatic nitrogens is 4. The van der Waals surface area contributed by atoms with Crippen LogP contribution in [0.4, 0.5) is 0 Å². The van der Waals surface area contributed by atoms with E-state index >= 15 is 0 Å². The highest BCUT2D eigenvalue weighted by atomic mass is 15.1. The van der Waals surface area contributed by atoms with Crippen LogP contribution in [0.2, 0.25) is 0 Å². The maximum atomic E-state index is 5.52. The predicted octanol–water partition coefficient (Wildman–Crippen LogP) is 13.0. The summed E-state index contributed by atoms with van der Waals surface area (Å²) in [6, 6.07) is 61.5. The molecular formula is C51H34N4. The fourth-order valence-electron chi connectivity index (χ4n) is 9.70. The molecular weight excluding hydrogens is 669 g/mol. The molecule has 0 fully saturated rings. The molecule has 1 aliphatic rings. The van der Waals surface area contributed by atoms with Crippen LogP contribution in [0.25, 0.3) is 99.3 Å². The van der Waals surface area contributed by atoms with E-state index < -0.39 is 0 Å². The first kappa shape index (κ1) is 30.4. The van der Waals surface area contributed by atoms with Crippen LogP contribution >= 0.6 is 0 Å². The minimum Gasteiger partial charge on any atom is -0.309 e. The molecule has 0 atom stereocenters. The molecule has 4 nitrogen and oxygen atoms in total. The molecule has 12 rings (SSSR count). The van der Waals surface area contributed by atoms with E-state index in [1.807, 2.05) is 0 Å². The van der Waals surface area contributed by atoms with Gasteiger partial charge in [-0.2, -0.15) is 0 Å². The summed E-state index contributed by atoms with van der Waals surface area (Å²) in [5.41, 5.74) is 14.5. The maximum absolute atomic E-state index is 5.52. The fraction of sp³-hybridized carbons (Fsp3) is 0.0588. The molecule has 55 heavy (non-hydrogen) atoms. The smallest absolute Gasteiger partial charge is 0.165 e. The van der Waals surface area contributed by atoms with E-state index in [-0.39, 0.29) is 5.41 Å². The van der Waals surface area contributed by atoms with Crippen molar-refractivity contribution in [2.24, 2.45) is 0 Å². The lowest BCUT2D eigenvalue weighted by Crippen LogP contribution is -2.17. The van der Waals surface area contributed by atoms with Crippen molar-refractivity contribution in [3.8, 4) is 33.9 Å². The number of para-hydroxylation sites is 5. The van der Waals surface area contributed by atoms with E-state index in [9.17, 15) is 0 Å². The standard InChI is InChI=1S/C51H34N4/c1-51(2)40-22-7-3-16-32(40)36-20-14-21-37(48(36)51)49-50(53-42-24-9-8-23-41(42)52-49)55-45-27-12-6-19-35(45)39-30-38-31(29-47(39)55)15-13-28-46(38)54-43-25-10-4-17-33(43)34-18-5-11-26-44(34)54/h3-30H,1-2H3. The Balaban J connectivity index is 1.18. The number of rotatable bonds is 3. The molecule has 3 heterocycles. The number of nitrogens with zero attached hydrogens (tertiary/aromatic N) is 4. The van der Waals surface area contributed by atoms with Gasteiger partial charge in [-0.05, 0) is 76.2 Å². The van der Waals surface area contributed by atoms with Crippen LogP contribution in [0, 0.1) is 0 Å². The summed E-state index contributed by atoms with van der Waals surface area (Å²) < 4.78 is 4.79. The van der Waals surface area contributed by atoms with E-state index in [4.69, 9.17) is 9.97 Å². The summed E-state index contributed by atoms with van der Waals surface area (Å²) >= 11 is 0. The molecule has 3 aromatic heterocycles. The van der Waals surface area contributed by atoms with Crippen molar-refractivity contribution in [2.75, 3.05) is 0 Å². The monoisotopic (exact) mass is 702 g/mol. The van der Waals surface area contributed by atoms with Gasteiger partial charge >= 0.3 is 0 Å². The van der Waals surface area contributed by atoms with Gasteiger partial charge in [0.15, 0.2) is 5.82 Å². The molecule has 0 saturated carbocycles. The normalized spacial score (nSPS) is 13.4. The summed E-state index contributed by atoms with van der Waals surface area (Å²) in [6.45, 7) is 4.69. The minimum absolute atomic E-state index is 0.215. The summed E-state index contributed by atoms with van der Waals surface area (Å²) in [7, 11) is 0. The second-order valence-electron chi connectivity index (χ2n) is 15.4. The van der Waals surface area contributed by atoms with Crippen molar-refractivity contribution >= 4 is 65.4 Å². The van der Waals surface area contributed by atoms with Crippen molar-refractivity contribution in [1.29, 1.82) is 0 Å². The second-order valence-corrected chi connectivity index (χ2v) is 15.4. The van der Waals surface area contributed by atoms with Gasteiger partial charge in [0, 0.05) is 37.9 Å². The van der Waals surface area contributed by atoms with Crippen molar-refractivity contribution in [2.45, 2.75) is 19.3 Å². The summed E-state index contributed by atoms with van der Waals surface area (Å²) in [6.07, 6.45) is 0. The van der Waals surface area contributed by atoms with Crippen LogP contribution in [0.1, 0.15) is 25.0 Å². The molecule has 0 aliphatic heterocycles. The summed E-state index contributed by atoms with van der Waals surface area (Å²) in [5, 5.41) is 7.26. The largest absolute Gasteiger partial charge is 0.309 e. The third kappa shape index (κ3) is 4.11. The molecule has 1 aliphatic carbocycles. The Kier molecular flexibility index (Phi) is 6.09. The van der Waals surface area contributed by atoms with Gasteiger partial charge in [0.2, 0.25) is 0 Å². The Hall–Kier alpha value is -7.04. The van der Waals surface area contributed by atoms with E-state index in [1.54, 1.807) is 0 Å². The average Bonchev–Trinajstić information content (AvgIpc) is 3.82. The van der Waals surface area contributed by atoms with Gasteiger partial charge < -0.3 is 4.57 Å². The lowest BCUT2D eigenvalue weighted by molar-refractivity contribution is 0.661. The first-order valence-corrected chi connectivity index (χ1v) is 19.0. The Morgan fingerprint density at radius 1 is 0.418 bits per heavy atom. The van der Waals surface area contributed by atoms with Crippen molar-refractivity contribution in [1.82, 2.24) is 19.1 Å². The Bertz CT molecular complexity index is 3360. The van der Waals surface area contributed by atoms with Crippen LogP contribution in [-0.4, -0.2) is 19.1 Å². The first-order chi connectivity index (χ1) is 27.1. The lowest BCUT2D eigenvalue weighted by Gasteiger charge is -2.25. The number of fused-ring (bicyclic) bond motifs is 11. The number of hydrogen-bond acceptors (Lipinski definition) is 2. The van der Waals surface area contributed by atoms with Crippen LogP contribution in [-0.2, 0) is 5.41 Å². The van der Waals surface area contributed by atoms with Crippen molar-refractivity contribution in [3.63, 3.8) is 0 Å². The van der Waals surface area contributed by atoms with Crippen molar-refractivity contribution in [3.05, 3.63) is 181 Å². The number of benzene rings is 8. The molecule has 258 valence electrons. The summed E-state index contributed by atoms with van der Waals surface area (Å²) in [4.78, 5) is 11.0. The topological polar surface area (TPSA) is 35.6 Å². The predicted molar refractivity (Wildman–Crippen MR) is 229 cm³/mol. The molecule has 8 aromatic carbocycles. The summed E-state index contributed by atoms with van der Waals surface area (Å²) in [5.74, 6) is 0.836. The average molecular weight is 703 g/mol. The second kappa shape index (κ2) is 11.0. The third-order valence-electron chi connectivity index (χ3n) is 12.1. The third-order valence-corrected chi connectivity index (χ3v) is 12.1. The Morgan fingerprint density at radius 3 is 1.73 bits per heavy atom. The molecule has 0 radical (unpaired) electrons. The molecule has 0 bridgehead atoms. The van der Waals surface area contributed by atoms with Crippen molar-refractivity contribution < 1.29 is 0 Å². The molecule has 0 saturated heterocycles. The van der Waals surface area contributed by atoms with Gasteiger partial charge in [-0.25, -0.2) is 9.97 Å². The molecule has 4 heteroatoms. The zero-order valence-electron chi connectivity index (χ0n) is 30.5. The first-order valence-electron chi connectivity index (χ1n) is 19.0. The SMILES string of the molecule is CC1(C)c2ccccc2-c2cccc(-c3nc4ccccc4nc3-n3c4ccccc4c4cc5c(-n6c7ccccc7c7ccccc76)cccc5cc43)c21. The van der Waals surface area contributed by atoms with Crippen LogP contribution < -0.4 is 0 Å². The molecule has 0 amide bonds. The van der Waals surface area contributed by atoms with Gasteiger partial charge in [0.05, 0.1) is 38.8 Å². The maximum Gasteiger partial charge on any atom is 0.165 e. The van der Waals surface area contributed by atoms with Gasteiger partial charge in [-0.15, -0.1) is 0 Å². The zero-order chi connectivity index (χ0) is 36.4. The Morgan fingerprint density at radius 2 is 0.982 bits per heavy atom. The Labute approximate surface area is 317 Å². The van der Waals surface area contributed by atoms with Crippen LogP contribution in [0.3, 0.4) is 0 Å². The zero-order valence-corrected chi connectivity index (χ0v) is 30.5. The van der Waals surface area contributed by atoms with Crippen LogP contribution in [0.5, 0.6) is 0 Å². The molecule has 0 N–H and O–H groups in total. The van der Waals surface area contributed by atoms with E-state index in [2.05, 4.69) is 193 Å². The van der Waals surface area contributed by atoms with Crippen LogP contribution in [0.15, 0.2) is 170 Å². The van der Waals surface area contributed by atoms with E-state index in [0.29, 0.717) is 0 Å². The molecule has 0 unspecified atom stereocenters. The highest BCUT2D eigenvalue weighted by molar-refractivity contribution is 6.16. The number of hydrogen-bond donors (Lipinski definition) is 0. The minimum atomic E-state index is -0.215. The molecule has 0 spiro atoms. The van der Waals surface area contributed by atoms with E-state index in [0.717, 1.165) is 39.1 Å². The lowest BCUT2D eigenvalue weighted by atomic mass is 9.79. The van der Waals surface area contributed by atoms with Gasteiger partial charge in [0.1, 0.15) is 5.69 Å². The van der Waals surface area contributed by atoms with Gasteiger partial charge in [0.25, 0.3) is 0 Å². The van der Waals surface area contributed by atoms with E-state index in [1.165, 1.54) is 71.3 Å².